The predicted molar refractivity (Wildman–Crippen MR) is 59.8 cm³/mol. The molecule has 1 heterocycles. The van der Waals surface area contributed by atoms with Crippen LogP contribution < -0.4 is 0 Å². The molecular weight excluding hydrogens is 260 g/mol. The Morgan fingerprint density at radius 3 is 2.93 bits per heavy atom. The van der Waals surface area contributed by atoms with Gasteiger partial charge in [-0.3, -0.25) is 4.68 Å². The maximum Gasteiger partial charge on any atom is 0.337 e. The summed E-state index contributed by atoms with van der Waals surface area (Å²) in [6.45, 7) is 0. The largest absolute Gasteiger partial charge is 0.465 e. The topological polar surface area (TPSA) is 44.1 Å². The standard InChI is InChI=1S/C10H9BrN2O2/c1-13-9-7(5-12-13)3-6(4-8(9)11)10(14)15-2/h3-5H,1-2H3. The molecule has 0 aliphatic carbocycles. The Kier molecular flexibility index (Phi) is 2.48. The average molecular weight is 269 g/mol. The van der Waals surface area contributed by atoms with E-state index in [9.17, 15) is 4.79 Å². The first kappa shape index (κ1) is 10.2. The van der Waals surface area contributed by atoms with E-state index in [1.54, 1.807) is 23.0 Å². The Morgan fingerprint density at radius 1 is 1.53 bits per heavy atom. The van der Waals surface area contributed by atoms with Gasteiger partial charge in [-0.15, -0.1) is 0 Å². The number of esters is 1. The summed E-state index contributed by atoms with van der Waals surface area (Å²) < 4.78 is 7.24. The maximum atomic E-state index is 11.3. The van der Waals surface area contributed by atoms with E-state index in [1.165, 1.54) is 7.11 Å². The molecule has 0 atom stereocenters. The zero-order chi connectivity index (χ0) is 11.0. The van der Waals surface area contributed by atoms with Crippen molar-refractivity contribution in [3.8, 4) is 0 Å². The molecule has 0 N–H and O–H groups in total. The molecule has 78 valence electrons. The monoisotopic (exact) mass is 268 g/mol. The van der Waals surface area contributed by atoms with Crippen LogP contribution in [0.4, 0.5) is 0 Å². The summed E-state index contributed by atoms with van der Waals surface area (Å²) in [7, 11) is 3.22. The Labute approximate surface area is 95.0 Å². The number of aromatic nitrogens is 2. The van der Waals surface area contributed by atoms with Crippen molar-refractivity contribution < 1.29 is 9.53 Å². The molecule has 0 spiro atoms. The van der Waals surface area contributed by atoms with Crippen molar-refractivity contribution in [2.24, 2.45) is 7.05 Å². The van der Waals surface area contributed by atoms with E-state index in [0.29, 0.717) is 5.56 Å². The molecule has 0 saturated heterocycles. The number of rotatable bonds is 1. The number of nitrogens with zero attached hydrogens (tertiary/aromatic N) is 2. The lowest BCUT2D eigenvalue weighted by Gasteiger charge is -2.02. The molecule has 5 heteroatoms. The summed E-state index contributed by atoms with van der Waals surface area (Å²) in [4.78, 5) is 11.3. The number of hydrogen-bond donors (Lipinski definition) is 0. The minimum Gasteiger partial charge on any atom is -0.465 e. The third-order valence-electron chi connectivity index (χ3n) is 2.21. The van der Waals surface area contributed by atoms with Gasteiger partial charge in [-0.1, -0.05) is 0 Å². The van der Waals surface area contributed by atoms with Crippen LogP contribution in [0, 0.1) is 0 Å². The fraction of sp³-hybridized carbons (Fsp3) is 0.200. The van der Waals surface area contributed by atoms with Gasteiger partial charge in [-0.2, -0.15) is 5.10 Å². The van der Waals surface area contributed by atoms with Crippen LogP contribution in [0.5, 0.6) is 0 Å². The van der Waals surface area contributed by atoms with Crippen molar-refractivity contribution in [3.05, 3.63) is 28.4 Å². The summed E-state index contributed by atoms with van der Waals surface area (Å²) in [5.74, 6) is -0.346. The smallest absolute Gasteiger partial charge is 0.337 e. The van der Waals surface area contributed by atoms with Crippen molar-refractivity contribution in [3.63, 3.8) is 0 Å². The number of fused-ring (bicyclic) bond motifs is 1. The van der Waals surface area contributed by atoms with Gasteiger partial charge >= 0.3 is 5.97 Å². The van der Waals surface area contributed by atoms with E-state index in [-0.39, 0.29) is 5.97 Å². The average Bonchev–Trinajstić information content (AvgIpc) is 2.59. The van der Waals surface area contributed by atoms with Crippen LogP contribution in [0.3, 0.4) is 0 Å². The van der Waals surface area contributed by atoms with Gasteiger partial charge < -0.3 is 4.74 Å². The summed E-state index contributed by atoms with van der Waals surface area (Å²) in [5, 5.41) is 5.03. The molecule has 1 aromatic heterocycles. The lowest BCUT2D eigenvalue weighted by Crippen LogP contribution is -2.01. The first-order chi connectivity index (χ1) is 7.13. The van der Waals surface area contributed by atoms with Crippen molar-refractivity contribution in [1.29, 1.82) is 0 Å². The number of carbonyl (C=O) groups is 1. The van der Waals surface area contributed by atoms with E-state index < -0.39 is 0 Å². The summed E-state index contributed by atoms with van der Waals surface area (Å²) >= 11 is 3.41. The number of aryl methyl sites for hydroxylation is 1. The molecule has 0 radical (unpaired) electrons. The van der Waals surface area contributed by atoms with E-state index in [0.717, 1.165) is 15.4 Å². The van der Waals surface area contributed by atoms with Gasteiger partial charge in [-0.05, 0) is 28.1 Å². The molecule has 0 aliphatic rings. The molecule has 2 aromatic rings. The fourth-order valence-electron chi connectivity index (χ4n) is 1.50. The van der Waals surface area contributed by atoms with Crippen LogP contribution in [-0.4, -0.2) is 22.9 Å². The van der Waals surface area contributed by atoms with Gasteiger partial charge in [0.15, 0.2) is 0 Å². The first-order valence-electron chi connectivity index (χ1n) is 4.33. The Balaban J connectivity index is 2.68. The fourth-order valence-corrected chi connectivity index (χ4v) is 2.23. The highest BCUT2D eigenvalue weighted by molar-refractivity contribution is 9.10. The zero-order valence-electron chi connectivity index (χ0n) is 8.32. The number of carbonyl (C=O) groups excluding carboxylic acids is 1. The Hall–Kier alpha value is -1.36. The van der Waals surface area contributed by atoms with Crippen LogP contribution in [0.1, 0.15) is 10.4 Å². The van der Waals surface area contributed by atoms with Gasteiger partial charge in [0, 0.05) is 16.9 Å². The van der Waals surface area contributed by atoms with Gasteiger partial charge in [0.05, 0.1) is 24.4 Å². The van der Waals surface area contributed by atoms with E-state index in [4.69, 9.17) is 0 Å². The van der Waals surface area contributed by atoms with Gasteiger partial charge in [0.1, 0.15) is 0 Å². The van der Waals surface area contributed by atoms with Crippen LogP contribution in [0.2, 0.25) is 0 Å². The third kappa shape index (κ3) is 1.63. The molecule has 0 unspecified atom stereocenters. The van der Waals surface area contributed by atoms with Crippen LogP contribution in [0.15, 0.2) is 22.8 Å². The molecule has 1 aromatic carbocycles. The highest BCUT2D eigenvalue weighted by Crippen LogP contribution is 2.25. The second kappa shape index (κ2) is 3.66. The number of methoxy groups -OCH3 is 1. The molecule has 0 saturated carbocycles. The SMILES string of the molecule is COC(=O)c1cc(Br)c2c(cnn2C)c1. The highest BCUT2D eigenvalue weighted by atomic mass is 79.9. The Morgan fingerprint density at radius 2 is 2.27 bits per heavy atom. The van der Waals surface area contributed by atoms with E-state index >= 15 is 0 Å². The lowest BCUT2D eigenvalue weighted by atomic mass is 10.1. The molecular formula is C10H9BrN2O2. The Bertz CT molecular complexity index is 533. The van der Waals surface area contributed by atoms with E-state index in [2.05, 4.69) is 25.8 Å². The zero-order valence-corrected chi connectivity index (χ0v) is 9.91. The number of benzene rings is 1. The molecule has 15 heavy (non-hydrogen) atoms. The number of ether oxygens (including phenoxy) is 1. The predicted octanol–water partition coefficient (Wildman–Crippen LogP) is 2.12. The molecule has 0 aliphatic heterocycles. The second-order valence-electron chi connectivity index (χ2n) is 3.16. The molecule has 0 amide bonds. The second-order valence-corrected chi connectivity index (χ2v) is 4.01. The molecule has 2 rings (SSSR count). The van der Waals surface area contributed by atoms with Crippen molar-refractivity contribution in [2.45, 2.75) is 0 Å². The highest BCUT2D eigenvalue weighted by Gasteiger charge is 2.11. The van der Waals surface area contributed by atoms with Crippen LogP contribution in [-0.2, 0) is 11.8 Å². The van der Waals surface area contributed by atoms with Gasteiger partial charge in [0.25, 0.3) is 0 Å². The minimum absolute atomic E-state index is 0.346. The molecule has 0 fully saturated rings. The summed E-state index contributed by atoms with van der Waals surface area (Å²) in [6.07, 6.45) is 1.71. The third-order valence-corrected chi connectivity index (χ3v) is 2.81. The van der Waals surface area contributed by atoms with Gasteiger partial charge in [0.2, 0.25) is 0 Å². The lowest BCUT2D eigenvalue weighted by molar-refractivity contribution is 0.0601. The maximum absolute atomic E-state index is 11.3. The minimum atomic E-state index is -0.346. The van der Waals surface area contributed by atoms with Crippen molar-refractivity contribution in [2.75, 3.05) is 7.11 Å². The quantitative estimate of drug-likeness (QED) is 0.745. The molecule has 4 nitrogen and oxygen atoms in total. The van der Waals surface area contributed by atoms with E-state index in [1.807, 2.05) is 7.05 Å². The van der Waals surface area contributed by atoms with Crippen molar-refractivity contribution >= 4 is 32.8 Å². The number of halogens is 1. The van der Waals surface area contributed by atoms with Gasteiger partial charge in [-0.25, -0.2) is 4.79 Å². The normalized spacial score (nSPS) is 10.6. The molecule has 0 bridgehead atoms. The number of hydrogen-bond acceptors (Lipinski definition) is 3. The summed E-state index contributed by atoms with van der Waals surface area (Å²) in [6, 6.07) is 3.49. The summed E-state index contributed by atoms with van der Waals surface area (Å²) in [5.41, 5.74) is 1.48. The van der Waals surface area contributed by atoms with Crippen LogP contribution in [0.25, 0.3) is 10.9 Å². The van der Waals surface area contributed by atoms with Crippen molar-refractivity contribution in [1.82, 2.24) is 9.78 Å². The van der Waals surface area contributed by atoms with Crippen LogP contribution >= 0.6 is 15.9 Å². The first-order valence-corrected chi connectivity index (χ1v) is 5.12.